The maximum Gasteiger partial charge on any atom is 0.326 e. The number of amides is 1. The predicted molar refractivity (Wildman–Crippen MR) is 161 cm³/mol. The van der Waals surface area contributed by atoms with Crippen LogP contribution in [-0.2, 0) is 20.9 Å². The summed E-state index contributed by atoms with van der Waals surface area (Å²) in [5, 5.41) is 14.6. The van der Waals surface area contributed by atoms with Crippen molar-refractivity contribution in [2.24, 2.45) is 11.3 Å². The van der Waals surface area contributed by atoms with Crippen molar-refractivity contribution >= 4 is 11.9 Å². The van der Waals surface area contributed by atoms with E-state index in [1.807, 2.05) is 18.3 Å². The summed E-state index contributed by atoms with van der Waals surface area (Å²) in [4.78, 5) is 33.7. The molecule has 2 aliphatic heterocycles. The lowest BCUT2D eigenvalue weighted by atomic mass is 9.72. The molecule has 0 unspecified atom stereocenters. The van der Waals surface area contributed by atoms with Crippen LogP contribution in [0.1, 0.15) is 107 Å². The van der Waals surface area contributed by atoms with Crippen LogP contribution in [0.15, 0.2) is 36.5 Å². The van der Waals surface area contributed by atoms with Gasteiger partial charge >= 0.3 is 5.97 Å². The Morgan fingerprint density at radius 1 is 1.17 bits per heavy atom. The highest BCUT2D eigenvalue weighted by molar-refractivity contribution is 5.88. The lowest BCUT2D eigenvalue weighted by Crippen LogP contribution is -2.50. The molecule has 1 saturated carbocycles. The number of carboxylic acid groups (broad SMARTS) is 1. The molecular weight excluding hydrogens is 530 g/mol. The number of carboxylic acids is 1. The summed E-state index contributed by atoms with van der Waals surface area (Å²) in [6.07, 6.45) is 6.28. The van der Waals surface area contributed by atoms with Gasteiger partial charge in [-0.05, 0) is 65.7 Å². The Balaban J connectivity index is 1.62. The summed E-state index contributed by atoms with van der Waals surface area (Å²) >= 11 is 0. The Bertz CT molecular complexity index is 1280. The number of benzene rings is 1. The minimum atomic E-state index is -1.01. The van der Waals surface area contributed by atoms with Crippen LogP contribution in [0.2, 0.25) is 0 Å². The van der Waals surface area contributed by atoms with Crippen LogP contribution >= 0.6 is 0 Å². The largest absolute Gasteiger partial charge is 0.481 e. The van der Waals surface area contributed by atoms with Crippen LogP contribution in [0.25, 0.3) is 0 Å². The number of pyridine rings is 1. The Morgan fingerprint density at radius 2 is 1.90 bits per heavy atom. The molecule has 3 heterocycles. The van der Waals surface area contributed by atoms with Crippen molar-refractivity contribution in [1.29, 1.82) is 0 Å². The van der Waals surface area contributed by atoms with Crippen molar-refractivity contribution in [3.05, 3.63) is 58.8 Å². The molecule has 0 radical (unpaired) electrons. The van der Waals surface area contributed by atoms with E-state index in [-0.39, 0.29) is 23.8 Å². The zero-order valence-electron chi connectivity index (χ0n) is 25.9. The highest BCUT2D eigenvalue weighted by Gasteiger charge is 2.59. The molecule has 0 spiro atoms. The number of methoxy groups -OCH3 is 1. The molecular formula is C34H47N3O5. The van der Waals surface area contributed by atoms with Crippen LogP contribution in [0.5, 0.6) is 5.88 Å². The van der Waals surface area contributed by atoms with Gasteiger partial charge in [-0.15, -0.1) is 0 Å². The quantitative estimate of drug-likeness (QED) is 0.387. The molecule has 3 fully saturated rings. The van der Waals surface area contributed by atoms with Crippen LogP contribution in [0.3, 0.4) is 0 Å². The number of likely N-dealkylation sites (tertiary alicyclic amines) is 1. The Labute approximate surface area is 250 Å². The van der Waals surface area contributed by atoms with Gasteiger partial charge in [0, 0.05) is 36.9 Å². The maximum absolute atomic E-state index is 14.3. The molecule has 1 aromatic heterocycles. The maximum atomic E-state index is 14.3. The van der Waals surface area contributed by atoms with E-state index in [9.17, 15) is 14.7 Å². The monoisotopic (exact) mass is 577 g/mol. The summed E-state index contributed by atoms with van der Waals surface area (Å²) in [5.41, 5.74) is 3.85. The number of nitrogens with one attached hydrogen (secondary N) is 1. The van der Waals surface area contributed by atoms with Crippen molar-refractivity contribution in [1.82, 2.24) is 15.2 Å². The molecule has 1 aliphatic carbocycles. The number of hydrogen-bond donors (Lipinski definition) is 2. The second kappa shape index (κ2) is 12.3. The first-order chi connectivity index (χ1) is 20.0. The van der Waals surface area contributed by atoms with Gasteiger partial charge in [0.05, 0.1) is 13.2 Å². The van der Waals surface area contributed by atoms with E-state index in [0.717, 1.165) is 23.1 Å². The third kappa shape index (κ3) is 5.80. The second-order valence-electron chi connectivity index (χ2n) is 13.6. The first kappa shape index (κ1) is 30.5. The summed E-state index contributed by atoms with van der Waals surface area (Å²) in [6.45, 7) is 11.5. The Hall–Kier alpha value is -2.97. The van der Waals surface area contributed by atoms with Gasteiger partial charge in [0.15, 0.2) is 0 Å². The van der Waals surface area contributed by atoms with Crippen molar-refractivity contribution in [3.63, 3.8) is 0 Å². The van der Waals surface area contributed by atoms with Crippen molar-refractivity contribution in [2.45, 2.75) is 109 Å². The van der Waals surface area contributed by atoms with Gasteiger partial charge in [0.25, 0.3) is 5.91 Å². The molecule has 1 aromatic carbocycles. The zero-order valence-corrected chi connectivity index (χ0v) is 25.9. The summed E-state index contributed by atoms with van der Waals surface area (Å²) in [7, 11) is 1.63. The fourth-order valence-corrected chi connectivity index (χ4v) is 7.32. The summed E-state index contributed by atoms with van der Waals surface area (Å²) in [5.74, 6) is -0.298. The SMILES string of the molecule is COc1ncc(C2CCC2)cc1CN[C@H]1[C@H](C(C)(C)C)[C@@H](C(=O)O)N(C(=O)[C@@H]2CCCO2)[C@H]1c1ccccc1C(C)C. The van der Waals surface area contributed by atoms with Crippen molar-refractivity contribution in [2.75, 3.05) is 13.7 Å². The van der Waals surface area contributed by atoms with E-state index in [1.165, 1.54) is 24.8 Å². The molecule has 42 heavy (non-hydrogen) atoms. The summed E-state index contributed by atoms with van der Waals surface area (Å²) in [6, 6.07) is 8.52. The number of nitrogens with zero attached hydrogens (tertiary/aromatic N) is 2. The van der Waals surface area contributed by atoms with Gasteiger partial charge in [-0.2, -0.15) is 0 Å². The number of ether oxygens (including phenoxy) is 2. The average molecular weight is 578 g/mol. The molecule has 8 nitrogen and oxygen atoms in total. The molecule has 1 amide bonds. The van der Waals surface area contributed by atoms with Gasteiger partial charge in [-0.3, -0.25) is 4.79 Å². The van der Waals surface area contributed by atoms with E-state index in [2.05, 4.69) is 63.1 Å². The number of rotatable bonds is 9. The van der Waals surface area contributed by atoms with Gasteiger partial charge in [0.1, 0.15) is 12.1 Å². The minimum Gasteiger partial charge on any atom is -0.481 e. The molecule has 3 aliphatic rings. The highest BCUT2D eigenvalue weighted by atomic mass is 16.5. The van der Waals surface area contributed by atoms with Crippen LogP contribution in [0.4, 0.5) is 0 Å². The lowest BCUT2D eigenvalue weighted by Gasteiger charge is -2.36. The highest BCUT2D eigenvalue weighted by Crippen LogP contribution is 2.50. The van der Waals surface area contributed by atoms with Gasteiger partial charge in [-0.25, -0.2) is 9.78 Å². The van der Waals surface area contributed by atoms with Crippen LogP contribution in [-0.4, -0.2) is 58.8 Å². The predicted octanol–water partition coefficient (Wildman–Crippen LogP) is 5.82. The molecule has 0 bridgehead atoms. The fraction of sp³-hybridized carbons (Fsp3) is 0.618. The molecule has 2 aromatic rings. The van der Waals surface area contributed by atoms with Crippen LogP contribution in [0, 0.1) is 11.3 Å². The number of aromatic nitrogens is 1. The third-order valence-electron chi connectivity index (χ3n) is 9.56. The number of carbonyl (C=O) groups excluding carboxylic acids is 1. The zero-order chi connectivity index (χ0) is 30.2. The molecule has 228 valence electrons. The lowest BCUT2D eigenvalue weighted by molar-refractivity contribution is -0.156. The summed E-state index contributed by atoms with van der Waals surface area (Å²) < 4.78 is 11.5. The van der Waals surface area contributed by atoms with Crippen molar-refractivity contribution < 1.29 is 24.2 Å². The average Bonchev–Trinajstić information content (AvgIpc) is 3.57. The van der Waals surface area contributed by atoms with E-state index < -0.39 is 29.6 Å². The minimum absolute atomic E-state index is 0.196. The molecule has 2 N–H and O–H groups in total. The van der Waals surface area contributed by atoms with E-state index in [0.29, 0.717) is 31.4 Å². The first-order valence-electron chi connectivity index (χ1n) is 15.5. The van der Waals surface area contributed by atoms with Gasteiger partial charge in [0.2, 0.25) is 5.88 Å². The molecule has 2 saturated heterocycles. The standard InChI is InChI=1S/C34H47N3O5/c1-20(2)24-13-7-8-14-25(24)29-28(35-19-23-17-22(21-11-9-12-21)18-36-31(23)41-6)27(34(3,4)5)30(33(39)40)37(29)32(38)26-15-10-16-42-26/h7-8,13-14,17-18,20-21,26-30,35H,9-12,15-16,19H2,1-6H3,(H,39,40)/t26-,27-,28-,29-,30-/m0/s1. The van der Waals surface area contributed by atoms with E-state index in [4.69, 9.17) is 9.47 Å². The topological polar surface area (TPSA) is 101 Å². The number of carbonyl (C=O) groups is 2. The van der Waals surface area contributed by atoms with Crippen LogP contribution < -0.4 is 10.1 Å². The van der Waals surface area contributed by atoms with E-state index in [1.54, 1.807) is 12.0 Å². The number of hydrogen-bond acceptors (Lipinski definition) is 6. The van der Waals surface area contributed by atoms with Crippen molar-refractivity contribution in [3.8, 4) is 5.88 Å². The first-order valence-corrected chi connectivity index (χ1v) is 15.5. The Kier molecular flexibility index (Phi) is 8.95. The second-order valence-corrected chi connectivity index (χ2v) is 13.6. The molecule has 5 atom stereocenters. The normalized spacial score (nSPS) is 26.5. The number of aliphatic carboxylic acids is 1. The molecule has 5 rings (SSSR count). The van der Waals surface area contributed by atoms with Gasteiger partial charge < -0.3 is 24.8 Å². The smallest absolute Gasteiger partial charge is 0.326 e. The van der Waals surface area contributed by atoms with Gasteiger partial charge in [-0.1, -0.05) is 65.3 Å². The Morgan fingerprint density at radius 3 is 2.48 bits per heavy atom. The third-order valence-corrected chi connectivity index (χ3v) is 9.56. The van der Waals surface area contributed by atoms with E-state index >= 15 is 0 Å². The molecule has 8 heteroatoms. The fourth-order valence-electron chi connectivity index (χ4n) is 7.32.